The van der Waals surface area contributed by atoms with E-state index >= 15 is 4.39 Å². The highest BCUT2D eigenvalue weighted by Crippen LogP contribution is 2.42. The molecule has 2 saturated heterocycles. The summed E-state index contributed by atoms with van der Waals surface area (Å²) in [5.41, 5.74) is 9.48. The predicted molar refractivity (Wildman–Crippen MR) is 177 cm³/mol. The van der Waals surface area contributed by atoms with Crippen molar-refractivity contribution in [3.05, 3.63) is 83.3 Å². The molecule has 0 radical (unpaired) electrons. The zero-order chi connectivity index (χ0) is 32.7. The molecule has 11 heteroatoms. The third-order valence-corrected chi connectivity index (χ3v) is 11.1. The molecule has 10 nitrogen and oxygen atoms in total. The smallest absolute Gasteiger partial charge is 0.253 e. The molecule has 5 heterocycles. The zero-order valence-electron chi connectivity index (χ0n) is 26.4. The van der Waals surface area contributed by atoms with Crippen LogP contribution in [-0.2, 0) is 13.1 Å². The Morgan fingerprint density at radius 3 is 2.50 bits per heavy atom. The maximum Gasteiger partial charge on any atom is 0.253 e. The number of ketones is 1. The number of fused-ring (bicyclic) bond motifs is 4. The number of hydrogen-bond donors (Lipinski definition) is 2. The lowest BCUT2D eigenvalue weighted by molar-refractivity contribution is 0.0471. The van der Waals surface area contributed by atoms with Crippen LogP contribution < -0.4 is 11.1 Å². The Morgan fingerprint density at radius 1 is 1.02 bits per heavy atom. The minimum Gasteiger partial charge on any atom is -0.338 e. The van der Waals surface area contributed by atoms with Crippen molar-refractivity contribution in [2.75, 3.05) is 19.6 Å². The number of imidazole rings is 1. The van der Waals surface area contributed by atoms with E-state index in [0.717, 1.165) is 42.5 Å². The minimum atomic E-state index is -0.866. The number of nitrogens with two attached hydrogens (primary N) is 1. The van der Waals surface area contributed by atoms with Gasteiger partial charge in [0.25, 0.3) is 5.91 Å². The van der Waals surface area contributed by atoms with Gasteiger partial charge in [-0.2, -0.15) is 5.26 Å². The van der Waals surface area contributed by atoms with Crippen LogP contribution in [0.4, 0.5) is 4.39 Å². The van der Waals surface area contributed by atoms with E-state index in [1.807, 2.05) is 16.7 Å². The summed E-state index contributed by atoms with van der Waals surface area (Å²) in [6.07, 6.45) is 5.64. The number of benzene rings is 2. The standard InChI is InChI=1S/C37H35FN8O2/c38-28-12-27(33(47)37-10-9-26(16-42-37)32(37)40)13-29-31(28)46(20-23-17-44(18-23)36(48)24-7-5-21(15-39)6-8-24)35(43-29)30-14-25-2-1-11-41-34(25)45(30)19-22-3-4-22/h1-2,5-8,11-14,22-23,26,32,42H,3-4,9-10,16-20,40H2/t26?,32-,37?/m1/s1. The molecule has 9 rings (SSSR count). The van der Waals surface area contributed by atoms with Gasteiger partial charge in [-0.1, -0.05) is 0 Å². The van der Waals surface area contributed by atoms with E-state index in [9.17, 15) is 9.59 Å². The molecule has 3 N–H and O–H groups in total. The maximum atomic E-state index is 16.4. The fourth-order valence-electron chi connectivity index (χ4n) is 8.23. The molecule has 2 aliphatic heterocycles. The topological polar surface area (TPSA) is 135 Å². The quantitative estimate of drug-likeness (QED) is 0.238. The average Bonchev–Trinajstić information content (AvgIpc) is 3.47. The van der Waals surface area contributed by atoms with Crippen LogP contribution in [0.25, 0.3) is 33.6 Å². The van der Waals surface area contributed by atoms with Crippen LogP contribution in [0.2, 0.25) is 0 Å². The van der Waals surface area contributed by atoms with Gasteiger partial charge in [0.05, 0.1) is 28.4 Å². The summed E-state index contributed by atoms with van der Waals surface area (Å²) in [5.74, 6) is 0.739. The molecule has 242 valence electrons. The number of nitrogens with one attached hydrogen (secondary N) is 1. The minimum absolute atomic E-state index is 0.0681. The number of Topliss-reactive ketones (excluding diaryl/α,β-unsaturated/α-hetero) is 1. The Balaban J connectivity index is 1.10. The van der Waals surface area contributed by atoms with Gasteiger partial charge in [-0.05, 0) is 92.1 Å². The Morgan fingerprint density at radius 2 is 1.81 bits per heavy atom. The van der Waals surface area contributed by atoms with E-state index in [4.69, 9.17) is 21.0 Å². The fourth-order valence-corrected chi connectivity index (χ4v) is 8.23. The van der Waals surface area contributed by atoms with Crippen LogP contribution in [0.1, 0.15) is 52.0 Å². The number of amides is 1. The van der Waals surface area contributed by atoms with Crippen LogP contribution in [0.5, 0.6) is 0 Å². The van der Waals surface area contributed by atoms with Gasteiger partial charge in [-0.3, -0.25) is 9.59 Å². The van der Waals surface area contributed by atoms with Crippen LogP contribution in [0, 0.1) is 34.9 Å². The highest BCUT2D eigenvalue weighted by molar-refractivity contribution is 6.06. The summed E-state index contributed by atoms with van der Waals surface area (Å²) in [7, 11) is 0. The van der Waals surface area contributed by atoms with Crippen LogP contribution in [-0.4, -0.2) is 66.9 Å². The molecule has 2 aromatic carbocycles. The number of piperidine rings is 1. The molecule has 2 saturated carbocycles. The van der Waals surface area contributed by atoms with Gasteiger partial charge in [-0.25, -0.2) is 14.4 Å². The number of nitrogens with zero attached hydrogens (tertiary/aromatic N) is 6. The van der Waals surface area contributed by atoms with Crippen molar-refractivity contribution in [2.45, 2.75) is 50.4 Å². The molecule has 4 aliphatic rings. The number of nitriles is 1. The predicted octanol–water partition coefficient (Wildman–Crippen LogP) is 4.51. The van der Waals surface area contributed by atoms with Gasteiger partial charge in [0.15, 0.2) is 11.6 Å². The number of carbonyl (C=O) groups excluding carboxylic acids is 2. The summed E-state index contributed by atoms with van der Waals surface area (Å²) < 4.78 is 20.6. The summed E-state index contributed by atoms with van der Waals surface area (Å²) in [4.78, 5) is 38.7. The first-order chi connectivity index (χ1) is 23.3. The van der Waals surface area contributed by atoms with Crippen LogP contribution in [0.3, 0.4) is 0 Å². The lowest BCUT2D eigenvalue weighted by Gasteiger charge is -2.39. The Hall–Kier alpha value is -4.92. The number of rotatable bonds is 8. The SMILES string of the molecule is N#Cc1ccc(C(=O)N2CC(Cn3c(-c4cc5cccnc5n4CC4CC4)nc4cc(C(=O)C56CCC(CN5)[C@H]6N)cc(F)c43)C2)cc1. The van der Waals surface area contributed by atoms with E-state index in [-0.39, 0.29) is 35.1 Å². The van der Waals surface area contributed by atoms with Crippen molar-refractivity contribution in [1.82, 2.24) is 29.3 Å². The largest absolute Gasteiger partial charge is 0.338 e. The molecule has 2 bridgehead atoms. The lowest BCUT2D eigenvalue weighted by atomic mass is 9.85. The summed E-state index contributed by atoms with van der Waals surface area (Å²) in [5, 5.41) is 13.5. The monoisotopic (exact) mass is 642 g/mol. The van der Waals surface area contributed by atoms with E-state index in [1.165, 1.54) is 6.07 Å². The van der Waals surface area contributed by atoms with Gasteiger partial charge >= 0.3 is 0 Å². The molecule has 3 atom stereocenters. The molecule has 5 aromatic rings. The molecule has 2 aliphatic carbocycles. The Labute approximate surface area is 276 Å². The second-order valence-corrected chi connectivity index (χ2v) is 14.1. The normalized spacial score (nSPS) is 23.6. The van der Waals surface area contributed by atoms with E-state index in [2.05, 4.69) is 22.0 Å². The van der Waals surface area contributed by atoms with Crippen molar-refractivity contribution in [3.8, 4) is 17.6 Å². The molecule has 2 unspecified atom stereocenters. The second kappa shape index (κ2) is 10.8. The van der Waals surface area contributed by atoms with Gasteiger partial charge in [0.2, 0.25) is 0 Å². The number of likely N-dealkylation sites (tertiary alicyclic amines) is 1. The van der Waals surface area contributed by atoms with Crippen LogP contribution in [0.15, 0.2) is 60.8 Å². The molecule has 3 aromatic heterocycles. The molecule has 1 amide bonds. The molecule has 0 spiro atoms. The van der Waals surface area contributed by atoms with Gasteiger partial charge in [0.1, 0.15) is 17.0 Å². The zero-order valence-corrected chi connectivity index (χ0v) is 26.4. The fraction of sp³-hybridized carbons (Fsp3) is 0.378. The summed E-state index contributed by atoms with van der Waals surface area (Å²) >= 11 is 0. The Kier molecular flexibility index (Phi) is 6.58. The third-order valence-electron chi connectivity index (χ3n) is 11.1. The number of hydrogen-bond acceptors (Lipinski definition) is 7. The van der Waals surface area contributed by atoms with E-state index in [1.54, 1.807) is 41.4 Å². The average molecular weight is 643 g/mol. The van der Waals surface area contributed by atoms with Crippen molar-refractivity contribution in [3.63, 3.8) is 0 Å². The maximum absolute atomic E-state index is 16.4. The summed E-state index contributed by atoms with van der Waals surface area (Å²) in [6, 6.07) is 17.5. The first kappa shape index (κ1) is 29.2. The number of halogens is 1. The van der Waals surface area contributed by atoms with Crippen molar-refractivity contribution < 1.29 is 14.0 Å². The van der Waals surface area contributed by atoms with Crippen molar-refractivity contribution in [1.29, 1.82) is 5.26 Å². The van der Waals surface area contributed by atoms with Gasteiger partial charge < -0.3 is 25.1 Å². The van der Waals surface area contributed by atoms with Gasteiger partial charge in [0, 0.05) is 67.4 Å². The van der Waals surface area contributed by atoms with Crippen LogP contribution >= 0.6 is 0 Å². The van der Waals surface area contributed by atoms with Crippen molar-refractivity contribution >= 4 is 33.8 Å². The molecular weight excluding hydrogens is 607 g/mol. The number of carbonyl (C=O) groups is 2. The third kappa shape index (κ3) is 4.50. The molecular formula is C37H35FN8O2. The molecule has 4 fully saturated rings. The first-order valence-corrected chi connectivity index (χ1v) is 16.8. The number of pyridine rings is 1. The highest BCUT2D eigenvalue weighted by atomic mass is 19.1. The summed E-state index contributed by atoms with van der Waals surface area (Å²) in [6.45, 7) is 2.96. The molecule has 48 heavy (non-hydrogen) atoms. The number of aromatic nitrogens is 4. The van der Waals surface area contributed by atoms with E-state index < -0.39 is 11.4 Å². The van der Waals surface area contributed by atoms with Crippen molar-refractivity contribution in [2.24, 2.45) is 23.5 Å². The Bertz CT molecular complexity index is 2160. The second-order valence-electron chi connectivity index (χ2n) is 14.1. The lowest BCUT2D eigenvalue weighted by Crippen LogP contribution is -2.56. The van der Waals surface area contributed by atoms with Gasteiger partial charge in [-0.15, -0.1) is 0 Å². The van der Waals surface area contributed by atoms with E-state index in [0.29, 0.717) is 66.5 Å². The first-order valence-electron chi connectivity index (χ1n) is 16.8. The highest BCUT2D eigenvalue weighted by Gasteiger charge is 2.56.